The molecule has 0 N–H and O–H groups in total. The molecule has 0 spiro atoms. The Morgan fingerprint density at radius 2 is 1.03 bits per heavy atom. The number of aryl methyl sites for hydroxylation is 3. The molecule has 0 aliphatic carbocycles. The maximum absolute atomic E-state index is 12.9. The number of piperidine rings is 2. The molecule has 454 valence electrons. The molecule has 20 heteroatoms. The number of likely N-dealkylation sites (tertiary alicyclic amines) is 2. The number of nitrogens with zero attached hydrogens (tertiary/aromatic N) is 14. The van der Waals surface area contributed by atoms with E-state index in [0.29, 0.717) is 11.8 Å². The summed E-state index contributed by atoms with van der Waals surface area (Å²) in [6, 6.07) is 28.2. The summed E-state index contributed by atoms with van der Waals surface area (Å²) < 4.78 is 20.4. The first-order valence-corrected chi connectivity index (χ1v) is 31.5. The molecule has 12 heterocycles. The molecular weight excluding hydrogens is 1100 g/mol. The summed E-state index contributed by atoms with van der Waals surface area (Å²) in [6.45, 7) is 19.4. The summed E-state index contributed by atoms with van der Waals surface area (Å²) in [5, 5.41) is 20.8. The molecular formula is C67H80N14O6. The van der Waals surface area contributed by atoms with Crippen molar-refractivity contribution in [2.75, 3.05) is 116 Å². The molecule has 6 aliphatic rings. The molecule has 0 unspecified atom stereocenters. The van der Waals surface area contributed by atoms with E-state index < -0.39 is 0 Å². The average Bonchev–Trinajstić information content (AvgIpc) is 3.08. The topological polar surface area (TPSA) is 188 Å². The first-order chi connectivity index (χ1) is 42.5. The van der Waals surface area contributed by atoms with Crippen molar-refractivity contribution in [3.63, 3.8) is 0 Å². The van der Waals surface area contributed by atoms with Gasteiger partial charge in [-0.15, -0.1) is 0 Å². The fourth-order valence-corrected chi connectivity index (χ4v) is 13.9. The van der Waals surface area contributed by atoms with E-state index in [-0.39, 0.29) is 17.7 Å². The Kier molecular flexibility index (Phi) is 17.0. The van der Waals surface area contributed by atoms with Crippen LogP contribution in [0.15, 0.2) is 111 Å². The van der Waals surface area contributed by atoms with E-state index in [4.69, 9.17) is 13.6 Å². The van der Waals surface area contributed by atoms with E-state index in [2.05, 4.69) is 74.0 Å². The maximum atomic E-state index is 12.9. The molecule has 0 bridgehead atoms. The number of fused-ring (bicyclic) bond motifs is 6. The van der Waals surface area contributed by atoms with Crippen LogP contribution < -0.4 is 4.90 Å². The minimum absolute atomic E-state index is 0.117. The summed E-state index contributed by atoms with van der Waals surface area (Å²) in [4.78, 5) is 58.6. The fraction of sp³-hybridized carbons (Fsp3) is 0.463. The number of anilines is 1. The number of aromatic nitrogens is 7. The number of amides is 3. The number of pyridine rings is 1. The lowest BCUT2D eigenvalue weighted by Crippen LogP contribution is -2.50. The number of piperazine rings is 1. The molecule has 15 rings (SSSR count). The monoisotopic (exact) mass is 1180 g/mol. The zero-order valence-corrected chi connectivity index (χ0v) is 50.8. The van der Waals surface area contributed by atoms with Crippen LogP contribution in [0.4, 0.5) is 5.82 Å². The van der Waals surface area contributed by atoms with Gasteiger partial charge in [0.2, 0.25) is 0 Å². The largest absolute Gasteiger partial charge is 0.356 e. The fourth-order valence-electron chi connectivity index (χ4n) is 13.9. The van der Waals surface area contributed by atoms with Crippen LogP contribution in [0.3, 0.4) is 0 Å². The lowest BCUT2D eigenvalue weighted by molar-refractivity contribution is 0.0704. The van der Waals surface area contributed by atoms with E-state index in [1.165, 1.54) is 5.69 Å². The Morgan fingerprint density at radius 3 is 1.66 bits per heavy atom. The van der Waals surface area contributed by atoms with Crippen LogP contribution in [0.1, 0.15) is 115 Å². The minimum atomic E-state index is 0.117. The molecule has 87 heavy (non-hydrogen) atoms. The second-order valence-electron chi connectivity index (χ2n) is 24.5. The predicted octanol–water partition coefficient (Wildman–Crippen LogP) is 8.53. The molecule has 20 nitrogen and oxygen atoms in total. The van der Waals surface area contributed by atoms with Crippen molar-refractivity contribution in [1.82, 2.24) is 64.2 Å². The molecule has 0 atom stereocenters. The van der Waals surface area contributed by atoms with Crippen molar-refractivity contribution < 1.29 is 28.0 Å². The van der Waals surface area contributed by atoms with Gasteiger partial charge < -0.3 is 47.5 Å². The summed E-state index contributed by atoms with van der Waals surface area (Å²) in [6.07, 6.45) is 11.9. The Hall–Kier alpha value is -8.20. The normalized spacial score (nSPS) is 18.4. The maximum Gasteiger partial charge on any atom is 0.257 e. The van der Waals surface area contributed by atoms with E-state index in [0.717, 1.165) is 252 Å². The van der Waals surface area contributed by atoms with Crippen LogP contribution in [0, 0.1) is 13.8 Å². The van der Waals surface area contributed by atoms with Crippen molar-refractivity contribution in [3.8, 4) is 0 Å². The first-order valence-electron chi connectivity index (χ1n) is 31.5. The Bertz CT molecular complexity index is 3890. The van der Waals surface area contributed by atoms with Crippen LogP contribution >= 0.6 is 0 Å². The smallest absolute Gasteiger partial charge is 0.257 e. The summed E-state index contributed by atoms with van der Waals surface area (Å²) >= 11 is 0. The van der Waals surface area contributed by atoms with Gasteiger partial charge in [0.25, 0.3) is 17.7 Å². The van der Waals surface area contributed by atoms with Crippen LogP contribution in [-0.2, 0) is 33.4 Å². The molecule has 3 aromatic carbocycles. The highest BCUT2D eigenvalue weighted by Crippen LogP contribution is 2.35. The second-order valence-corrected chi connectivity index (χ2v) is 24.5. The third-order valence-electron chi connectivity index (χ3n) is 19.2. The van der Waals surface area contributed by atoms with E-state index in [9.17, 15) is 14.4 Å². The van der Waals surface area contributed by atoms with Crippen molar-refractivity contribution >= 4 is 56.4 Å². The molecule has 3 amide bonds. The minimum Gasteiger partial charge on any atom is -0.356 e. The number of hydrogen-bond donors (Lipinski definition) is 0. The lowest BCUT2D eigenvalue weighted by Gasteiger charge is -2.36. The Morgan fingerprint density at radius 1 is 0.517 bits per heavy atom. The van der Waals surface area contributed by atoms with E-state index in [1.807, 2.05) is 114 Å². The molecule has 0 radical (unpaired) electrons. The average molecular weight is 1180 g/mol. The molecule has 6 aliphatic heterocycles. The van der Waals surface area contributed by atoms with Crippen molar-refractivity contribution in [2.45, 2.75) is 77.0 Å². The number of rotatable bonds is 12. The summed E-state index contributed by atoms with van der Waals surface area (Å²) in [5.41, 5.74) is 12.5. The highest BCUT2D eigenvalue weighted by atomic mass is 16.5. The van der Waals surface area contributed by atoms with E-state index >= 15 is 0 Å². The lowest BCUT2D eigenvalue weighted by atomic mass is 9.91. The molecule has 3 fully saturated rings. The van der Waals surface area contributed by atoms with Crippen molar-refractivity contribution in [3.05, 3.63) is 154 Å². The van der Waals surface area contributed by atoms with Gasteiger partial charge in [0, 0.05) is 158 Å². The highest BCUT2D eigenvalue weighted by molar-refractivity contribution is 5.98. The van der Waals surface area contributed by atoms with Gasteiger partial charge in [-0.05, 0) is 139 Å². The van der Waals surface area contributed by atoms with Crippen LogP contribution in [0.2, 0.25) is 0 Å². The number of hydrogen-bond acceptors (Lipinski definition) is 15. The van der Waals surface area contributed by atoms with Crippen molar-refractivity contribution in [1.29, 1.82) is 0 Å². The molecule has 3 saturated heterocycles. The van der Waals surface area contributed by atoms with Gasteiger partial charge in [-0.2, -0.15) is 5.10 Å². The van der Waals surface area contributed by atoms with Gasteiger partial charge in [0.15, 0.2) is 22.6 Å². The Balaban J connectivity index is 0.000000121. The van der Waals surface area contributed by atoms with Crippen LogP contribution in [0.5, 0.6) is 0 Å². The van der Waals surface area contributed by atoms with Gasteiger partial charge in [0.1, 0.15) is 0 Å². The van der Waals surface area contributed by atoms with Gasteiger partial charge in [-0.25, -0.2) is 0 Å². The number of carbonyl (C=O) groups is 3. The highest BCUT2D eigenvalue weighted by Gasteiger charge is 2.33. The predicted molar refractivity (Wildman–Crippen MR) is 333 cm³/mol. The van der Waals surface area contributed by atoms with E-state index in [1.54, 1.807) is 6.20 Å². The van der Waals surface area contributed by atoms with Crippen LogP contribution in [0.25, 0.3) is 32.9 Å². The quantitative estimate of drug-likeness (QED) is 0.113. The first kappa shape index (κ1) is 57.9. The van der Waals surface area contributed by atoms with Gasteiger partial charge in [-0.1, -0.05) is 51.9 Å². The summed E-state index contributed by atoms with van der Waals surface area (Å²) in [7, 11) is 3.94. The van der Waals surface area contributed by atoms with Gasteiger partial charge in [0.05, 0.1) is 39.2 Å². The van der Waals surface area contributed by atoms with Crippen LogP contribution in [-0.4, -0.2) is 193 Å². The Labute approximate surface area is 507 Å². The standard InChI is InChI=1S/C23H28N4O2.C22H27N5O2.C22H25N5O2/c1-25-12-10-18-20(25)6-4-11-27(23(18)28)16-15-26-13-8-17(9-14-26)22-19-5-2-3-7-21(19)29-24-22;1-15-20-18(23-25(15)2)9-12-27(22(20)28)14-13-26-10-7-16(8-11-26)21-17-5-3-4-6-19(17)29-24-21;1-16-14-17-6-7-27(22(28)19(17)15-23-16)13-10-25-8-11-26(12-9-25)21-18-4-2-3-5-20(18)29-24-21/h2-3,5,7,10,12,17H,4,6,8-9,11,13-16H2,1H3;3-6,16H,7-14H2,1-2H3;2-5,14-15H,6-13H2,1H3. The summed E-state index contributed by atoms with van der Waals surface area (Å²) in [5.74, 6) is 2.30. The number of para-hydroxylation sites is 3. The number of benzene rings is 3. The van der Waals surface area contributed by atoms with Gasteiger partial charge >= 0.3 is 0 Å². The molecule has 6 aromatic heterocycles. The zero-order valence-electron chi connectivity index (χ0n) is 50.8. The third kappa shape index (κ3) is 12.3. The zero-order chi connectivity index (χ0) is 59.5. The SMILES string of the molecule is Cc1c2c(nn1C)CCN(CCN1CCC(c3noc4ccccc34)CC1)C2=O.Cc1cc2c(cn1)C(=O)N(CCN1CCN(c3noc4ccccc34)CC1)CC2.Cn1ccc2c1CCCN(CCN1CCC(c3noc4ccccc34)CC1)C2=O. The van der Waals surface area contributed by atoms with Crippen molar-refractivity contribution in [2.24, 2.45) is 14.1 Å². The number of carbonyl (C=O) groups excluding carboxylic acids is 3. The second kappa shape index (κ2) is 25.6. The molecule has 9 aromatic rings. The third-order valence-corrected chi connectivity index (χ3v) is 19.2. The molecule has 0 saturated carbocycles. The van der Waals surface area contributed by atoms with Gasteiger partial charge in [-0.3, -0.25) is 28.9 Å².